The van der Waals surface area contributed by atoms with Crippen molar-refractivity contribution < 1.29 is 9.47 Å². The molecule has 0 aliphatic rings. The van der Waals surface area contributed by atoms with Crippen molar-refractivity contribution in [1.82, 2.24) is 0 Å². The lowest BCUT2D eigenvalue weighted by molar-refractivity contribution is 0.0135. The summed E-state index contributed by atoms with van der Waals surface area (Å²) in [6.07, 6.45) is 10.3. The molecule has 0 bridgehead atoms. The first-order valence-corrected chi connectivity index (χ1v) is 10.7. The maximum atomic E-state index is 6.33. The molecule has 0 spiro atoms. The predicted octanol–water partition coefficient (Wildman–Crippen LogP) is 5.91. The first-order chi connectivity index (χ1) is 10.7. The summed E-state index contributed by atoms with van der Waals surface area (Å²) < 4.78 is 11.3. The van der Waals surface area contributed by atoms with Crippen LogP contribution in [-0.4, -0.2) is 42.8 Å². The van der Waals surface area contributed by atoms with Crippen molar-refractivity contribution in [2.75, 3.05) is 31.3 Å². The van der Waals surface area contributed by atoms with Gasteiger partial charge < -0.3 is 9.47 Å². The van der Waals surface area contributed by atoms with E-state index in [1.54, 1.807) is 0 Å². The van der Waals surface area contributed by atoms with Gasteiger partial charge in [0, 0.05) is 5.75 Å². The van der Waals surface area contributed by atoms with Crippen LogP contribution in [0.15, 0.2) is 0 Å². The Balaban J connectivity index is 3.24. The molecule has 0 rings (SSSR count). The maximum Gasteiger partial charge on any atom is 0.0711 e. The molecule has 0 saturated heterocycles. The summed E-state index contributed by atoms with van der Waals surface area (Å²) in [5, 5.41) is 0.130. The maximum absolute atomic E-state index is 6.33. The summed E-state index contributed by atoms with van der Waals surface area (Å²) in [5.74, 6) is 2.36. The van der Waals surface area contributed by atoms with Gasteiger partial charge in [0.05, 0.1) is 31.3 Å². The van der Waals surface area contributed by atoms with E-state index in [4.69, 9.17) is 21.1 Å². The van der Waals surface area contributed by atoms with E-state index < -0.39 is 0 Å². The molecule has 0 aliphatic carbocycles. The van der Waals surface area contributed by atoms with Gasteiger partial charge in [-0.2, -0.15) is 11.8 Å². The second-order valence-electron chi connectivity index (χ2n) is 5.87. The van der Waals surface area contributed by atoms with Crippen LogP contribution in [-0.2, 0) is 9.47 Å². The van der Waals surface area contributed by atoms with E-state index in [0.29, 0.717) is 13.2 Å². The minimum absolute atomic E-state index is 0.120. The number of halogens is 1. The highest BCUT2D eigenvalue weighted by Crippen LogP contribution is 2.15. The van der Waals surface area contributed by atoms with E-state index in [2.05, 4.69) is 20.8 Å². The smallest absolute Gasteiger partial charge is 0.0711 e. The van der Waals surface area contributed by atoms with E-state index in [9.17, 15) is 0 Å². The highest BCUT2D eigenvalue weighted by molar-refractivity contribution is 7.99. The van der Waals surface area contributed by atoms with Gasteiger partial charge in [-0.25, -0.2) is 0 Å². The molecular weight excluding hydrogens is 316 g/mol. The molecule has 0 amide bonds. The standard InChI is InChI=1S/C18H37ClO2S/c1-4-6-8-10-15-22-16-14-20-12-13-21-17(3)18(19)11-9-7-5-2/h17-18H,4-16H2,1-3H3/t17-,18-/m0/s1. The molecular formula is C18H37ClO2S. The van der Waals surface area contributed by atoms with Gasteiger partial charge >= 0.3 is 0 Å². The van der Waals surface area contributed by atoms with E-state index in [-0.39, 0.29) is 11.5 Å². The molecule has 0 fully saturated rings. The summed E-state index contributed by atoms with van der Waals surface area (Å²) in [7, 11) is 0. The van der Waals surface area contributed by atoms with Gasteiger partial charge in [-0.1, -0.05) is 52.4 Å². The zero-order valence-corrected chi connectivity index (χ0v) is 16.5. The number of hydrogen-bond acceptors (Lipinski definition) is 3. The average Bonchev–Trinajstić information content (AvgIpc) is 2.52. The van der Waals surface area contributed by atoms with Crippen LogP contribution in [0.5, 0.6) is 0 Å². The van der Waals surface area contributed by atoms with Crippen molar-refractivity contribution in [3.63, 3.8) is 0 Å². The second kappa shape index (κ2) is 17.9. The van der Waals surface area contributed by atoms with E-state index in [1.807, 2.05) is 11.8 Å². The predicted molar refractivity (Wildman–Crippen MR) is 101 cm³/mol. The second-order valence-corrected chi connectivity index (χ2v) is 7.66. The monoisotopic (exact) mass is 352 g/mol. The number of unbranched alkanes of at least 4 members (excludes halogenated alkanes) is 5. The fraction of sp³-hybridized carbons (Fsp3) is 1.00. The molecule has 22 heavy (non-hydrogen) atoms. The van der Waals surface area contributed by atoms with E-state index in [1.165, 1.54) is 50.7 Å². The van der Waals surface area contributed by atoms with Gasteiger partial charge in [-0.15, -0.1) is 11.6 Å². The Labute approximate surface area is 148 Å². The van der Waals surface area contributed by atoms with Crippen LogP contribution in [0, 0.1) is 0 Å². The SMILES string of the molecule is CCCCCCSCCOCCO[C@@H](C)[C@@H](Cl)CCCCC. The Hall–Kier alpha value is 0.560. The lowest BCUT2D eigenvalue weighted by Crippen LogP contribution is -2.23. The topological polar surface area (TPSA) is 18.5 Å². The molecule has 0 N–H and O–H groups in total. The summed E-state index contributed by atoms with van der Waals surface area (Å²) in [6, 6.07) is 0. The first kappa shape index (κ1) is 22.6. The van der Waals surface area contributed by atoms with Crippen LogP contribution >= 0.6 is 23.4 Å². The number of ether oxygens (including phenoxy) is 2. The summed E-state index contributed by atoms with van der Waals surface area (Å²) in [5.41, 5.74) is 0. The van der Waals surface area contributed by atoms with Crippen molar-refractivity contribution in [2.24, 2.45) is 0 Å². The van der Waals surface area contributed by atoms with Crippen LogP contribution in [0.4, 0.5) is 0 Å². The first-order valence-electron chi connectivity index (χ1n) is 9.13. The van der Waals surface area contributed by atoms with Gasteiger partial charge in [0.15, 0.2) is 0 Å². The molecule has 2 atom stereocenters. The normalized spacial score (nSPS) is 14.2. The molecule has 0 aromatic rings. The third kappa shape index (κ3) is 15.5. The Morgan fingerprint density at radius 2 is 1.59 bits per heavy atom. The molecule has 0 saturated carbocycles. The van der Waals surface area contributed by atoms with Crippen LogP contribution < -0.4 is 0 Å². The number of rotatable bonds is 17. The zero-order chi connectivity index (χ0) is 16.5. The lowest BCUT2D eigenvalue weighted by Gasteiger charge is -2.18. The van der Waals surface area contributed by atoms with Crippen molar-refractivity contribution in [1.29, 1.82) is 0 Å². The Morgan fingerprint density at radius 1 is 0.864 bits per heavy atom. The Morgan fingerprint density at radius 3 is 2.32 bits per heavy atom. The van der Waals surface area contributed by atoms with Crippen LogP contribution in [0.25, 0.3) is 0 Å². The number of hydrogen-bond donors (Lipinski definition) is 0. The van der Waals surface area contributed by atoms with Gasteiger partial charge in [-0.3, -0.25) is 0 Å². The molecule has 0 aromatic heterocycles. The summed E-state index contributed by atoms with van der Waals surface area (Å²) in [4.78, 5) is 0. The van der Waals surface area contributed by atoms with Gasteiger partial charge in [-0.05, 0) is 25.5 Å². The molecule has 134 valence electrons. The van der Waals surface area contributed by atoms with Crippen molar-refractivity contribution >= 4 is 23.4 Å². The fourth-order valence-electron chi connectivity index (χ4n) is 2.17. The Kier molecular flexibility index (Phi) is 18.4. The molecule has 2 nitrogen and oxygen atoms in total. The van der Waals surface area contributed by atoms with Crippen LogP contribution in [0.2, 0.25) is 0 Å². The van der Waals surface area contributed by atoms with Gasteiger partial charge in [0.1, 0.15) is 0 Å². The van der Waals surface area contributed by atoms with Crippen molar-refractivity contribution in [2.45, 2.75) is 83.6 Å². The molecule has 4 heteroatoms. The highest BCUT2D eigenvalue weighted by Gasteiger charge is 2.14. The summed E-state index contributed by atoms with van der Waals surface area (Å²) >= 11 is 8.33. The molecule has 0 unspecified atom stereocenters. The average molecular weight is 353 g/mol. The fourth-order valence-corrected chi connectivity index (χ4v) is 3.25. The molecule has 0 heterocycles. The van der Waals surface area contributed by atoms with Crippen molar-refractivity contribution in [3.8, 4) is 0 Å². The summed E-state index contributed by atoms with van der Waals surface area (Å²) in [6.45, 7) is 8.69. The number of thioether (sulfide) groups is 1. The largest absolute Gasteiger partial charge is 0.378 e. The zero-order valence-electron chi connectivity index (χ0n) is 14.9. The van der Waals surface area contributed by atoms with Gasteiger partial charge in [0.25, 0.3) is 0 Å². The minimum atomic E-state index is 0.120. The van der Waals surface area contributed by atoms with Gasteiger partial charge in [0.2, 0.25) is 0 Å². The highest BCUT2D eigenvalue weighted by atomic mass is 35.5. The van der Waals surface area contributed by atoms with E-state index >= 15 is 0 Å². The molecule has 0 aliphatic heterocycles. The minimum Gasteiger partial charge on any atom is -0.378 e. The van der Waals surface area contributed by atoms with Crippen LogP contribution in [0.3, 0.4) is 0 Å². The lowest BCUT2D eigenvalue weighted by atomic mass is 10.1. The third-order valence-corrected chi connectivity index (χ3v) is 5.32. The third-order valence-electron chi connectivity index (χ3n) is 3.72. The Bertz CT molecular complexity index is 217. The molecule has 0 radical (unpaired) electrons. The van der Waals surface area contributed by atoms with Crippen LogP contribution in [0.1, 0.15) is 72.1 Å². The molecule has 0 aromatic carbocycles. The van der Waals surface area contributed by atoms with E-state index in [0.717, 1.165) is 18.8 Å². The quantitative estimate of drug-likeness (QED) is 0.239. The number of alkyl halides is 1. The van der Waals surface area contributed by atoms with Crippen molar-refractivity contribution in [3.05, 3.63) is 0 Å².